The van der Waals surface area contributed by atoms with Crippen molar-refractivity contribution in [2.45, 2.75) is 13.5 Å². The van der Waals surface area contributed by atoms with Crippen molar-refractivity contribution in [3.63, 3.8) is 0 Å². The zero-order valence-corrected chi connectivity index (χ0v) is 9.20. The van der Waals surface area contributed by atoms with Crippen molar-refractivity contribution in [3.8, 4) is 5.75 Å². The van der Waals surface area contributed by atoms with Gasteiger partial charge in [0.25, 0.3) is 0 Å². The maximum absolute atomic E-state index is 12.1. The van der Waals surface area contributed by atoms with Crippen molar-refractivity contribution in [1.82, 2.24) is 0 Å². The molecule has 0 aromatic heterocycles. The Hall–Kier alpha value is -1.76. The van der Waals surface area contributed by atoms with Crippen LogP contribution in [0.5, 0.6) is 5.75 Å². The number of Topliss-reactive ketones (excluding diaryl/α,β-unsaturated/α-hetero) is 1. The van der Waals surface area contributed by atoms with E-state index in [0.717, 1.165) is 19.1 Å². The van der Waals surface area contributed by atoms with E-state index in [9.17, 15) is 23.7 Å². The predicted molar refractivity (Wildman–Crippen MR) is 54.7 cm³/mol. The first-order valence-electron chi connectivity index (χ1n) is 4.27. The number of nitrogens with zero attached hydrogens (tertiary/aromatic N) is 1. The van der Waals surface area contributed by atoms with Gasteiger partial charge in [0.05, 0.1) is 4.92 Å². The molecule has 0 atom stereocenters. The van der Waals surface area contributed by atoms with Gasteiger partial charge < -0.3 is 4.74 Å². The summed E-state index contributed by atoms with van der Waals surface area (Å²) in [4.78, 5) is 20.7. The van der Waals surface area contributed by atoms with Crippen LogP contribution in [0.1, 0.15) is 17.3 Å². The highest BCUT2D eigenvalue weighted by molar-refractivity contribution is 6.35. The average Bonchev–Trinajstić information content (AvgIpc) is 2.19. The van der Waals surface area contributed by atoms with Crippen LogP contribution in [0, 0.1) is 10.1 Å². The lowest BCUT2D eigenvalue weighted by Crippen LogP contribution is -2.07. The maximum atomic E-state index is 12.1. The second-order valence-corrected chi connectivity index (χ2v) is 3.35. The predicted octanol–water partition coefficient (Wildman–Crippen LogP) is 3.05. The molecule has 0 fully saturated rings. The number of rotatable bonds is 4. The Bertz CT molecular complexity index is 478. The topological polar surface area (TPSA) is 69.4 Å². The molecule has 0 saturated carbocycles. The fourth-order valence-electron chi connectivity index (χ4n) is 1.16. The normalized spacial score (nSPS) is 10.4. The van der Waals surface area contributed by atoms with Gasteiger partial charge in [0.15, 0.2) is 5.78 Å². The van der Waals surface area contributed by atoms with Crippen molar-refractivity contribution in [3.05, 3.63) is 32.8 Å². The number of halogens is 3. The molecular weight excluding hydrogens is 260 g/mol. The molecule has 0 aliphatic heterocycles. The molecule has 1 aromatic rings. The smallest absolute Gasteiger partial charge is 0.387 e. The standard InChI is InChI=1S/C9H6ClF2NO4/c1-4(14)5-2-3-6(13(15)16)8(7(5)10)17-9(11)12/h2-3,9H,1H3. The molecule has 0 spiro atoms. The van der Waals surface area contributed by atoms with Crippen LogP contribution in [0.4, 0.5) is 14.5 Å². The molecule has 1 aromatic carbocycles. The lowest BCUT2D eigenvalue weighted by Gasteiger charge is -2.09. The van der Waals surface area contributed by atoms with Gasteiger partial charge in [-0.2, -0.15) is 8.78 Å². The van der Waals surface area contributed by atoms with Crippen molar-refractivity contribution in [2.75, 3.05) is 0 Å². The summed E-state index contributed by atoms with van der Waals surface area (Å²) in [5.74, 6) is -1.32. The Morgan fingerprint density at radius 3 is 2.53 bits per heavy atom. The number of ether oxygens (including phenoxy) is 1. The fraction of sp³-hybridized carbons (Fsp3) is 0.222. The van der Waals surface area contributed by atoms with E-state index >= 15 is 0 Å². The van der Waals surface area contributed by atoms with Crippen molar-refractivity contribution < 1.29 is 23.2 Å². The summed E-state index contributed by atoms with van der Waals surface area (Å²) in [5.41, 5.74) is -0.840. The van der Waals surface area contributed by atoms with E-state index in [4.69, 9.17) is 11.6 Å². The van der Waals surface area contributed by atoms with Crippen molar-refractivity contribution in [1.29, 1.82) is 0 Å². The van der Waals surface area contributed by atoms with Crippen LogP contribution in [0.15, 0.2) is 12.1 Å². The second kappa shape index (κ2) is 5.05. The van der Waals surface area contributed by atoms with E-state index in [0.29, 0.717) is 0 Å². The Labute approximate surface area is 99.1 Å². The molecule has 0 N–H and O–H groups in total. The molecule has 0 aliphatic carbocycles. The highest BCUT2D eigenvalue weighted by atomic mass is 35.5. The molecule has 92 valence electrons. The Morgan fingerprint density at radius 2 is 2.12 bits per heavy atom. The van der Waals surface area contributed by atoms with Gasteiger partial charge in [0.1, 0.15) is 5.02 Å². The van der Waals surface area contributed by atoms with E-state index in [-0.39, 0.29) is 5.56 Å². The summed E-state index contributed by atoms with van der Waals surface area (Å²) in [6, 6.07) is 1.97. The molecule has 0 bridgehead atoms. The minimum atomic E-state index is -3.27. The molecule has 0 radical (unpaired) electrons. The summed E-state index contributed by atoms with van der Waals surface area (Å²) in [7, 11) is 0. The highest BCUT2D eigenvalue weighted by Gasteiger charge is 2.25. The number of carbonyl (C=O) groups excluding carboxylic acids is 1. The highest BCUT2D eigenvalue weighted by Crippen LogP contribution is 2.38. The van der Waals surface area contributed by atoms with Crippen LogP contribution >= 0.6 is 11.6 Å². The number of carbonyl (C=O) groups is 1. The van der Waals surface area contributed by atoms with Gasteiger partial charge in [-0.1, -0.05) is 11.6 Å². The zero-order chi connectivity index (χ0) is 13.2. The number of hydrogen-bond donors (Lipinski definition) is 0. The monoisotopic (exact) mass is 265 g/mol. The average molecular weight is 266 g/mol. The summed E-state index contributed by atoms with van der Waals surface area (Å²) in [5, 5.41) is 10.1. The molecule has 1 rings (SSSR count). The lowest BCUT2D eigenvalue weighted by molar-refractivity contribution is -0.386. The van der Waals surface area contributed by atoms with E-state index in [1.54, 1.807) is 0 Å². The number of hydrogen-bond acceptors (Lipinski definition) is 4. The number of benzene rings is 1. The minimum absolute atomic E-state index is 0.118. The molecule has 5 nitrogen and oxygen atoms in total. The van der Waals surface area contributed by atoms with E-state index < -0.39 is 33.8 Å². The summed E-state index contributed by atoms with van der Waals surface area (Å²) in [6.07, 6.45) is 0. The molecule has 8 heteroatoms. The SMILES string of the molecule is CC(=O)c1ccc([N+](=O)[O-])c(OC(F)F)c1Cl. The van der Waals surface area contributed by atoms with Gasteiger partial charge in [-0.15, -0.1) is 0 Å². The van der Waals surface area contributed by atoms with Gasteiger partial charge >= 0.3 is 12.3 Å². The van der Waals surface area contributed by atoms with Crippen LogP contribution in [0.2, 0.25) is 5.02 Å². The maximum Gasteiger partial charge on any atom is 0.387 e. The molecule has 0 amide bonds. The third-order valence-electron chi connectivity index (χ3n) is 1.86. The Morgan fingerprint density at radius 1 is 1.53 bits per heavy atom. The molecule has 0 heterocycles. The van der Waals surface area contributed by atoms with Crippen molar-refractivity contribution in [2.24, 2.45) is 0 Å². The Kier molecular flexibility index (Phi) is 3.95. The number of nitro groups is 1. The van der Waals surface area contributed by atoms with Gasteiger partial charge in [-0.25, -0.2) is 0 Å². The van der Waals surface area contributed by atoms with Gasteiger partial charge in [-0.3, -0.25) is 14.9 Å². The largest absolute Gasteiger partial charge is 0.426 e. The van der Waals surface area contributed by atoms with Crippen LogP contribution in [0.3, 0.4) is 0 Å². The zero-order valence-electron chi connectivity index (χ0n) is 8.45. The van der Waals surface area contributed by atoms with Crippen LogP contribution in [-0.2, 0) is 0 Å². The molecule has 0 saturated heterocycles. The van der Waals surface area contributed by atoms with Gasteiger partial charge in [-0.05, 0) is 13.0 Å². The van der Waals surface area contributed by atoms with Crippen LogP contribution in [-0.4, -0.2) is 17.3 Å². The summed E-state index contributed by atoms with van der Waals surface area (Å²) >= 11 is 5.61. The molecule has 0 aliphatic rings. The van der Waals surface area contributed by atoms with Crippen LogP contribution < -0.4 is 4.74 Å². The summed E-state index contributed by atoms with van der Waals surface area (Å²) < 4.78 is 28.1. The first kappa shape index (κ1) is 13.3. The molecule has 0 unspecified atom stereocenters. The summed E-state index contributed by atoms with van der Waals surface area (Å²) in [6.45, 7) is -2.12. The minimum Gasteiger partial charge on any atom is -0.426 e. The number of nitro benzene ring substituents is 1. The van der Waals surface area contributed by atoms with E-state index in [1.165, 1.54) is 0 Å². The first-order valence-corrected chi connectivity index (χ1v) is 4.65. The van der Waals surface area contributed by atoms with E-state index in [2.05, 4.69) is 4.74 Å². The Balaban J connectivity index is 3.41. The second-order valence-electron chi connectivity index (χ2n) is 2.97. The van der Waals surface area contributed by atoms with Gasteiger partial charge in [0, 0.05) is 11.6 Å². The first-order chi connectivity index (χ1) is 7.84. The quantitative estimate of drug-likeness (QED) is 0.477. The van der Waals surface area contributed by atoms with Crippen LogP contribution in [0.25, 0.3) is 0 Å². The van der Waals surface area contributed by atoms with E-state index in [1.807, 2.05) is 0 Å². The molecular formula is C9H6ClF2NO4. The lowest BCUT2D eigenvalue weighted by atomic mass is 10.1. The third kappa shape index (κ3) is 2.88. The van der Waals surface area contributed by atoms with Gasteiger partial charge in [0.2, 0.25) is 5.75 Å². The van der Waals surface area contributed by atoms with Crippen molar-refractivity contribution >= 4 is 23.1 Å². The number of ketones is 1. The number of alkyl halides is 2. The molecule has 17 heavy (non-hydrogen) atoms. The third-order valence-corrected chi connectivity index (χ3v) is 2.23. The fourth-order valence-corrected chi connectivity index (χ4v) is 1.50.